The molecular formula is C13H22N4O2. The minimum atomic E-state index is -0.699. The maximum absolute atomic E-state index is 10.4. The third-order valence-corrected chi connectivity index (χ3v) is 3.22. The molecule has 1 aromatic rings. The van der Waals surface area contributed by atoms with Crippen molar-refractivity contribution in [2.45, 2.75) is 32.3 Å². The highest BCUT2D eigenvalue weighted by molar-refractivity contribution is 5.47. The van der Waals surface area contributed by atoms with Crippen LogP contribution in [-0.4, -0.2) is 47.0 Å². The lowest BCUT2D eigenvalue weighted by atomic mass is 9.94. The Morgan fingerprint density at radius 3 is 2.53 bits per heavy atom. The van der Waals surface area contributed by atoms with Gasteiger partial charge in [0.1, 0.15) is 17.5 Å². The number of aromatic nitrogens is 2. The van der Waals surface area contributed by atoms with E-state index in [1.165, 1.54) is 0 Å². The number of nitrogens with zero attached hydrogens (tertiary/aromatic N) is 2. The Balaban J connectivity index is 1.98. The van der Waals surface area contributed by atoms with Gasteiger partial charge in [-0.05, 0) is 13.8 Å². The summed E-state index contributed by atoms with van der Waals surface area (Å²) in [6.45, 7) is 6.41. The molecule has 1 aliphatic heterocycles. The molecule has 0 aliphatic carbocycles. The average Bonchev–Trinajstić information content (AvgIpc) is 2.37. The molecule has 3 N–H and O–H groups in total. The van der Waals surface area contributed by atoms with Crippen molar-refractivity contribution < 1.29 is 9.84 Å². The summed E-state index contributed by atoms with van der Waals surface area (Å²) in [7, 11) is 0. The van der Waals surface area contributed by atoms with Crippen molar-refractivity contribution >= 4 is 11.6 Å². The van der Waals surface area contributed by atoms with E-state index in [2.05, 4.69) is 20.6 Å². The first-order chi connectivity index (χ1) is 9.11. The number of hydrogen-bond acceptors (Lipinski definition) is 6. The van der Waals surface area contributed by atoms with Crippen molar-refractivity contribution in [3.63, 3.8) is 0 Å². The lowest BCUT2D eigenvalue weighted by molar-refractivity contribution is -0.0543. The number of hydrogen-bond donors (Lipinski definition) is 3. The van der Waals surface area contributed by atoms with Gasteiger partial charge < -0.3 is 20.5 Å². The van der Waals surface area contributed by atoms with Crippen LogP contribution in [0.2, 0.25) is 0 Å². The van der Waals surface area contributed by atoms with Crippen LogP contribution in [0.4, 0.5) is 11.6 Å². The predicted molar refractivity (Wildman–Crippen MR) is 74.4 cm³/mol. The van der Waals surface area contributed by atoms with Crippen LogP contribution < -0.4 is 10.6 Å². The second-order valence-electron chi connectivity index (χ2n) is 4.91. The van der Waals surface area contributed by atoms with E-state index >= 15 is 0 Å². The smallest absolute Gasteiger partial charge is 0.131 e. The standard InChI is InChI=1S/C13H22N4O2/c1-3-14-11-8-12(17-10(2)16-11)15-9-13(18)4-6-19-7-5-13/h8,18H,3-7,9H2,1-2H3,(H2,14,15,16,17). The summed E-state index contributed by atoms with van der Waals surface area (Å²) in [5, 5.41) is 16.7. The molecule has 19 heavy (non-hydrogen) atoms. The molecule has 1 aromatic heterocycles. The van der Waals surface area contributed by atoms with Gasteiger partial charge in [-0.1, -0.05) is 0 Å². The van der Waals surface area contributed by atoms with Crippen LogP contribution in [0.5, 0.6) is 0 Å². The van der Waals surface area contributed by atoms with E-state index in [9.17, 15) is 5.11 Å². The van der Waals surface area contributed by atoms with Crippen molar-refractivity contribution in [1.82, 2.24) is 9.97 Å². The summed E-state index contributed by atoms with van der Waals surface area (Å²) in [6.07, 6.45) is 1.31. The van der Waals surface area contributed by atoms with Gasteiger partial charge in [0.2, 0.25) is 0 Å². The van der Waals surface area contributed by atoms with Crippen molar-refractivity contribution in [3.8, 4) is 0 Å². The monoisotopic (exact) mass is 266 g/mol. The van der Waals surface area contributed by atoms with E-state index in [4.69, 9.17) is 4.74 Å². The fourth-order valence-corrected chi connectivity index (χ4v) is 2.11. The number of anilines is 2. The normalized spacial score (nSPS) is 18.1. The van der Waals surface area contributed by atoms with E-state index in [1.807, 2.05) is 19.9 Å². The van der Waals surface area contributed by atoms with Crippen molar-refractivity contribution in [3.05, 3.63) is 11.9 Å². The maximum atomic E-state index is 10.4. The van der Waals surface area contributed by atoms with E-state index < -0.39 is 5.60 Å². The Morgan fingerprint density at radius 1 is 1.26 bits per heavy atom. The highest BCUT2D eigenvalue weighted by Crippen LogP contribution is 2.21. The molecule has 0 aromatic carbocycles. The Labute approximate surface area is 113 Å². The number of aryl methyl sites for hydroxylation is 1. The third kappa shape index (κ3) is 4.04. The van der Waals surface area contributed by atoms with Gasteiger partial charge in [-0.15, -0.1) is 0 Å². The summed E-state index contributed by atoms with van der Waals surface area (Å²) in [6, 6.07) is 1.86. The molecule has 2 heterocycles. The molecule has 1 saturated heterocycles. The van der Waals surface area contributed by atoms with Crippen LogP contribution in [-0.2, 0) is 4.74 Å². The van der Waals surface area contributed by atoms with Crippen LogP contribution in [0.3, 0.4) is 0 Å². The zero-order chi connectivity index (χ0) is 13.7. The Kier molecular flexibility index (Phi) is 4.55. The molecule has 0 unspecified atom stereocenters. The lowest BCUT2D eigenvalue weighted by Crippen LogP contribution is -2.42. The summed E-state index contributed by atoms with van der Waals surface area (Å²) in [5.74, 6) is 2.25. The molecule has 6 heteroatoms. The SMILES string of the molecule is CCNc1cc(NCC2(O)CCOCC2)nc(C)n1. The molecule has 1 fully saturated rings. The highest BCUT2D eigenvalue weighted by atomic mass is 16.5. The molecule has 1 aliphatic rings. The van der Waals surface area contributed by atoms with Crippen molar-refractivity contribution in [2.75, 3.05) is 36.9 Å². The van der Waals surface area contributed by atoms with Crippen LogP contribution >= 0.6 is 0 Å². The van der Waals surface area contributed by atoms with E-state index in [1.54, 1.807) is 0 Å². The Bertz CT molecular complexity index is 419. The molecule has 0 amide bonds. The first-order valence-electron chi connectivity index (χ1n) is 6.75. The zero-order valence-electron chi connectivity index (χ0n) is 11.6. The van der Waals surface area contributed by atoms with E-state index in [0.717, 1.165) is 18.2 Å². The topological polar surface area (TPSA) is 79.3 Å². The molecule has 0 spiro atoms. The molecule has 0 saturated carbocycles. The van der Waals surface area contributed by atoms with Crippen LogP contribution in [0.1, 0.15) is 25.6 Å². The lowest BCUT2D eigenvalue weighted by Gasteiger charge is -2.32. The summed E-state index contributed by atoms with van der Waals surface area (Å²) in [4.78, 5) is 8.62. The van der Waals surface area contributed by atoms with Gasteiger partial charge in [-0.2, -0.15) is 0 Å². The molecule has 2 rings (SSSR count). The molecular weight excluding hydrogens is 244 g/mol. The molecule has 0 bridgehead atoms. The first-order valence-corrected chi connectivity index (χ1v) is 6.75. The van der Waals surface area contributed by atoms with E-state index in [0.29, 0.717) is 38.4 Å². The Hall–Kier alpha value is -1.40. The quantitative estimate of drug-likeness (QED) is 0.742. The summed E-state index contributed by atoms with van der Waals surface area (Å²) in [5.41, 5.74) is -0.699. The van der Waals surface area contributed by atoms with Crippen LogP contribution in [0, 0.1) is 6.92 Å². The van der Waals surface area contributed by atoms with Gasteiger partial charge in [-0.25, -0.2) is 9.97 Å². The predicted octanol–water partition coefficient (Wildman–Crippen LogP) is 1.17. The first kappa shape index (κ1) is 14.0. The van der Waals surface area contributed by atoms with Crippen molar-refractivity contribution in [2.24, 2.45) is 0 Å². The summed E-state index contributed by atoms with van der Waals surface area (Å²) >= 11 is 0. The van der Waals surface area contributed by atoms with Gasteiger partial charge in [0, 0.05) is 45.2 Å². The highest BCUT2D eigenvalue weighted by Gasteiger charge is 2.29. The van der Waals surface area contributed by atoms with Gasteiger partial charge in [0.15, 0.2) is 0 Å². The largest absolute Gasteiger partial charge is 0.388 e. The molecule has 0 atom stereocenters. The molecule has 106 valence electrons. The van der Waals surface area contributed by atoms with Crippen LogP contribution in [0.25, 0.3) is 0 Å². The van der Waals surface area contributed by atoms with Crippen molar-refractivity contribution in [1.29, 1.82) is 0 Å². The fraction of sp³-hybridized carbons (Fsp3) is 0.692. The molecule has 6 nitrogen and oxygen atoms in total. The van der Waals surface area contributed by atoms with E-state index in [-0.39, 0.29) is 0 Å². The number of rotatable bonds is 5. The molecule has 0 radical (unpaired) electrons. The average molecular weight is 266 g/mol. The summed E-state index contributed by atoms with van der Waals surface area (Å²) < 4.78 is 5.26. The van der Waals surface area contributed by atoms with Gasteiger partial charge in [-0.3, -0.25) is 0 Å². The van der Waals surface area contributed by atoms with Gasteiger partial charge in [0.05, 0.1) is 5.60 Å². The minimum absolute atomic E-state index is 0.485. The second kappa shape index (κ2) is 6.16. The third-order valence-electron chi connectivity index (χ3n) is 3.22. The zero-order valence-corrected chi connectivity index (χ0v) is 11.6. The second-order valence-corrected chi connectivity index (χ2v) is 4.91. The van der Waals surface area contributed by atoms with Gasteiger partial charge in [0.25, 0.3) is 0 Å². The van der Waals surface area contributed by atoms with Crippen LogP contribution in [0.15, 0.2) is 6.07 Å². The number of aliphatic hydroxyl groups is 1. The maximum Gasteiger partial charge on any atom is 0.131 e. The fourth-order valence-electron chi connectivity index (χ4n) is 2.11. The Morgan fingerprint density at radius 2 is 1.89 bits per heavy atom. The number of ether oxygens (including phenoxy) is 1. The van der Waals surface area contributed by atoms with Gasteiger partial charge >= 0.3 is 0 Å². The number of nitrogens with one attached hydrogen (secondary N) is 2. The minimum Gasteiger partial charge on any atom is -0.388 e.